The standard InChI is InChI=1S/C11H18N8O2/c1-2-13-9-15-10(18(3-5-20)4-6-21)17-11(16-9)19-8-12-7-14-19/h7-8,20-21H,2-6H2,1H3,(H,13,15,16,17). The fourth-order valence-electron chi connectivity index (χ4n) is 1.70. The lowest BCUT2D eigenvalue weighted by Gasteiger charge is -2.21. The minimum absolute atomic E-state index is 0.0686. The van der Waals surface area contributed by atoms with Crippen LogP contribution in [0.4, 0.5) is 11.9 Å². The van der Waals surface area contributed by atoms with Crippen molar-refractivity contribution in [1.82, 2.24) is 29.7 Å². The zero-order valence-corrected chi connectivity index (χ0v) is 11.7. The predicted octanol–water partition coefficient (Wildman–Crippen LogP) is -1.32. The van der Waals surface area contributed by atoms with E-state index in [1.54, 1.807) is 4.90 Å². The number of nitrogens with zero attached hydrogens (tertiary/aromatic N) is 7. The van der Waals surface area contributed by atoms with Gasteiger partial charge in [-0.25, -0.2) is 4.98 Å². The summed E-state index contributed by atoms with van der Waals surface area (Å²) < 4.78 is 1.42. The highest BCUT2D eigenvalue weighted by Gasteiger charge is 2.14. The van der Waals surface area contributed by atoms with Crippen molar-refractivity contribution in [2.24, 2.45) is 0 Å². The van der Waals surface area contributed by atoms with Crippen LogP contribution in [0.15, 0.2) is 12.7 Å². The molecular formula is C11H18N8O2. The minimum atomic E-state index is -0.0686. The molecule has 2 aromatic rings. The molecule has 0 bridgehead atoms. The van der Waals surface area contributed by atoms with E-state index in [1.165, 1.54) is 17.3 Å². The summed E-state index contributed by atoms with van der Waals surface area (Å²) in [5, 5.41) is 25.2. The Hall–Kier alpha value is -2.33. The SMILES string of the molecule is CCNc1nc(N(CCO)CCO)nc(-n2cncn2)n1. The average Bonchev–Trinajstić information content (AvgIpc) is 3.01. The third-order valence-electron chi connectivity index (χ3n) is 2.59. The Bertz CT molecular complexity index is 541. The number of hydrogen-bond acceptors (Lipinski definition) is 9. The van der Waals surface area contributed by atoms with Crippen LogP contribution in [-0.4, -0.2) is 72.8 Å². The van der Waals surface area contributed by atoms with Crippen molar-refractivity contribution in [3.8, 4) is 5.95 Å². The van der Waals surface area contributed by atoms with E-state index in [1.807, 2.05) is 6.92 Å². The molecule has 21 heavy (non-hydrogen) atoms. The lowest BCUT2D eigenvalue weighted by Crippen LogP contribution is -2.32. The van der Waals surface area contributed by atoms with Crippen molar-refractivity contribution in [2.45, 2.75) is 6.92 Å². The van der Waals surface area contributed by atoms with E-state index in [-0.39, 0.29) is 13.2 Å². The summed E-state index contributed by atoms with van der Waals surface area (Å²) in [6, 6.07) is 0. The van der Waals surface area contributed by atoms with Crippen LogP contribution in [0.1, 0.15) is 6.92 Å². The molecule has 0 saturated carbocycles. The molecule has 0 aliphatic heterocycles. The first-order chi connectivity index (χ1) is 10.3. The van der Waals surface area contributed by atoms with E-state index in [0.717, 1.165) is 0 Å². The van der Waals surface area contributed by atoms with E-state index in [0.29, 0.717) is 37.5 Å². The summed E-state index contributed by atoms with van der Waals surface area (Å²) in [6.45, 7) is 3.07. The van der Waals surface area contributed by atoms with Gasteiger partial charge in [0.25, 0.3) is 5.95 Å². The Balaban J connectivity index is 2.38. The molecule has 10 nitrogen and oxygen atoms in total. The summed E-state index contributed by atoms with van der Waals surface area (Å²) in [5.74, 6) is 1.07. The lowest BCUT2D eigenvalue weighted by atomic mass is 10.5. The Morgan fingerprint density at radius 2 is 1.95 bits per heavy atom. The highest BCUT2D eigenvalue weighted by atomic mass is 16.3. The summed E-state index contributed by atoms with van der Waals surface area (Å²) in [6.07, 6.45) is 2.87. The zero-order chi connectivity index (χ0) is 15.1. The quantitative estimate of drug-likeness (QED) is 0.543. The molecule has 0 amide bonds. The first-order valence-corrected chi connectivity index (χ1v) is 6.60. The van der Waals surface area contributed by atoms with Gasteiger partial charge in [-0.05, 0) is 6.92 Å². The smallest absolute Gasteiger partial charge is 0.258 e. The maximum atomic E-state index is 9.11. The molecule has 0 aromatic carbocycles. The van der Waals surface area contributed by atoms with Gasteiger partial charge in [0.05, 0.1) is 13.2 Å². The van der Waals surface area contributed by atoms with Crippen LogP contribution in [0.2, 0.25) is 0 Å². The molecular weight excluding hydrogens is 276 g/mol. The number of aliphatic hydroxyl groups is 2. The van der Waals surface area contributed by atoms with E-state index < -0.39 is 0 Å². The first-order valence-electron chi connectivity index (χ1n) is 6.60. The largest absolute Gasteiger partial charge is 0.395 e. The summed E-state index contributed by atoms with van der Waals surface area (Å²) >= 11 is 0. The van der Waals surface area contributed by atoms with Crippen molar-refractivity contribution in [2.75, 3.05) is 43.1 Å². The number of nitrogens with one attached hydrogen (secondary N) is 1. The van der Waals surface area contributed by atoms with Crippen molar-refractivity contribution >= 4 is 11.9 Å². The fourth-order valence-corrected chi connectivity index (χ4v) is 1.70. The van der Waals surface area contributed by atoms with Gasteiger partial charge >= 0.3 is 0 Å². The van der Waals surface area contributed by atoms with Crippen LogP contribution >= 0.6 is 0 Å². The van der Waals surface area contributed by atoms with Crippen molar-refractivity contribution in [1.29, 1.82) is 0 Å². The number of hydrogen-bond donors (Lipinski definition) is 3. The van der Waals surface area contributed by atoms with Gasteiger partial charge in [0.1, 0.15) is 12.7 Å². The second kappa shape index (κ2) is 7.45. The van der Waals surface area contributed by atoms with Crippen LogP contribution < -0.4 is 10.2 Å². The second-order valence-electron chi connectivity index (χ2n) is 4.06. The molecule has 2 rings (SSSR count). The third kappa shape index (κ3) is 3.83. The van der Waals surface area contributed by atoms with Crippen molar-refractivity contribution in [3.05, 3.63) is 12.7 Å². The molecule has 114 valence electrons. The molecule has 0 spiro atoms. The minimum Gasteiger partial charge on any atom is -0.395 e. The van der Waals surface area contributed by atoms with E-state index in [2.05, 4.69) is 30.4 Å². The molecule has 0 unspecified atom stereocenters. The number of aromatic nitrogens is 6. The highest BCUT2D eigenvalue weighted by Crippen LogP contribution is 2.12. The molecule has 2 aromatic heterocycles. The van der Waals surface area contributed by atoms with Crippen molar-refractivity contribution < 1.29 is 10.2 Å². The van der Waals surface area contributed by atoms with Gasteiger partial charge in [-0.15, -0.1) is 0 Å². The topological polar surface area (TPSA) is 125 Å². The Kier molecular flexibility index (Phi) is 5.35. The highest BCUT2D eigenvalue weighted by molar-refractivity contribution is 5.39. The first kappa shape index (κ1) is 15.1. The van der Waals surface area contributed by atoms with Gasteiger partial charge in [0, 0.05) is 19.6 Å². The Morgan fingerprint density at radius 1 is 1.19 bits per heavy atom. The van der Waals surface area contributed by atoms with E-state index in [9.17, 15) is 0 Å². The normalized spacial score (nSPS) is 10.6. The number of anilines is 2. The van der Waals surface area contributed by atoms with E-state index in [4.69, 9.17) is 10.2 Å². The monoisotopic (exact) mass is 294 g/mol. The third-order valence-corrected chi connectivity index (χ3v) is 2.59. The Morgan fingerprint density at radius 3 is 2.52 bits per heavy atom. The van der Waals surface area contributed by atoms with Gasteiger partial charge in [-0.3, -0.25) is 0 Å². The van der Waals surface area contributed by atoms with Crippen LogP contribution in [-0.2, 0) is 0 Å². The molecule has 0 aliphatic carbocycles. The van der Waals surface area contributed by atoms with Crippen LogP contribution in [0.25, 0.3) is 5.95 Å². The molecule has 10 heteroatoms. The average molecular weight is 294 g/mol. The van der Waals surface area contributed by atoms with Gasteiger partial charge in [-0.1, -0.05) is 0 Å². The Labute approximate surface area is 121 Å². The second-order valence-corrected chi connectivity index (χ2v) is 4.06. The van der Waals surface area contributed by atoms with Gasteiger partial charge in [0.2, 0.25) is 11.9 Å². The van der Waals surface area contributed by atoms with Crippen molar-refractivity contribution in [3.63, 3.8) is 0 Å². The zero-order valence-electron chi connectivity index (χ0n) is 11.7. The van der Waals surface area contributed by atoms with Crippen LogP contribution in [0.5, 0.6) is 0 Å². The van der Waals surface area contributed by atoms with Crippen LogP contribution in [0, 0.1) is 0 Å². The maximum absolute atomic E-state index is 9.11. The molecule has 0 fully saturated rings. The van der Waals surface area contributed by atoms with E-state index >= 15 is 0 Å². The maximum Gasteiger partial charge on any atom is 0.258 e. The van der Waals surface area contributed by atoms with Gasteiger partial charge < -0.3 is 20.4 Å². The number of rotatable bonds is 8. The van der Waals surface area contributed by atoms with Gasteiger partial charge in [-0.2, -0.15) is 24.7 Å². The fraction of sp³-hybridized carbons (Fsp3) is 0.545. The lowest BCUT2D eigenvalue weighted by molar-refractivity contribution is 0.280. The number of aliphatic hydroxyl groups excluding tert-OH is 2. The molecule has 0 saturated heterocycles. The molecule has 0 atom stereocenters. The predicted molar refractivity (Wildman–Crippen MR) is 75.3 cm³/mol. The molecule has 3 N–H and O–H groups in total. The van der Waals surface area contributed by atoms with Gasteiger partial charge in [0.15, 0.2) is 0 Å². The molecule has 2 heterocycles. The van der Waals surface area contributed by atoms with Crippen LogP contribution in [0.3, 0.4) is 0 Å². The summed E-state index contributed by atoms with van der Waals surface area (Å²) in [5.41, 5.74) is 0. The summed E-state index contributed by atoms with van der Waals surface area (Å²) in [7, 11) is 0. The molecule has 0 radical (unpaired) electrons. The summed E-state index contributed by atoms with van der Waals surface area (Å²) in [4.78, 5) is 18.3. The molecule has 0 aliphatic rings.